The van der Waals surface area contributed by atoms with E-state index in [-0.39, 0.29) is 23.9 Å². The van der Waals surface area contributed by atoms with E-state index in [9.17, 15) is 27.5 Å². The number of hydrogen-bond donors (Lipinski definition) is 2. The third kappa shape index (κ3) is 3.73. The van der Waals surface area contributed by atoms with E-state index in [1.807, 2.05) is 6.92 Å². The average Bonchev–Trinajstić information content (AvgIpc) is 2.90. The zero-order valence-corrected chi connectivity index (χ0v) is 13.9. The highest BCUT2D eigenvalue weighted by atomic mass is 32.2. The van der Waals surface area contributed by atoms with Gasteiger partial charge < -0.3 is 10.0 Å². The maximum absolute atomic E-state index is 14.0. The Morgan fingerprint density at radius 1 is 1.38 bits per heavy atom. The third-order valence-electron chi connectivity index (χ3n) is 4.20. The van der Waals surface area contributed by atoms with Crippen LogP contribution in [0.2, 0.25) is 0 Å². The maximum atomic E-state index is 14.0. The number of benzene rings is 1. The van der Waals surface area contributed by atoms with Gasteiger partial charge in [-0.15, -0.1) is 0 Å². The van der Waals surface area contributed by atoms with Gasteiger partial charge >= 0.3 is 5.97 Å². The number of likely N-dealkylation sites (tertiary alicyclic amines) is 1. The first-order valence-electron chi connectivity index (χ1n) is 7.49. The molecule has 1 heterocycles. The van der Waals surface area contributed by atoms with Gasteiger partial charge in [-0.1, -0.05) is 13.3 Å². The topological polar surface area (TPSA) is 118 Å². The van der Waals surface area contributed by atoms with Crippen molar-refractivity contribution in [3.63, 3.8) is 0 Å². The zero-order chi connectivity index (χ0) is 18.1. The predicted octanol–water partition coefficient (Wildman–Crippen LogP) is 1.05. The number of nitrogens with zero attached hydrogens (tertiary/aromatic N) is 1. The zero-order valence-electron chi connectivity index (χ0n) is 13.1. The lowest BCUT2D eigenvalue weighted by atomic mass is 9.92. The van der Waals surface area contributed by atoms with Gasteiger partial charge in [0.2, 0.25) is 10.0 Å². The van der Waals surface area contributed by atoms with E-state index in [1.54, 1.807) is 0 Å². The SMILES string of the molecule is CCC[C@@H]1CN(C(=O)c2cc(S(N)(=O)=O)ccc2F)C[C@H]1C(=O)O. The molecule has 1 saturated heterocycles. The highest BCUT2D eigenvalue weighted by Crippen LogP contribution is 2.29. The van der Waals surface area contributed by atoms with Crippen LogP contribution in [-0.2, 0) is 14.8 Å². The van der Waals surface area contributed by atoms with E-state index >= 15 is 0 Å². The van der Waals surface area contributed by atoms with Gasteiger partial charge in [-0.25, -0.2) is 17.9 Å². The van der Waals surface area contributed by atoms with E-state index in [1.165, 1.54) is 4.90 Å². The Bertz CT molecular complexity index is 765. The first-order chi connectivity index (χ1) is 11.1. The lowest BCUT2D eigenvalue weighted by Gasteiger charge is -2.17. The molecule has 1 aromatic carbocycles. The first-order valence-corrected chi connectivity index (χ1v) is 9.04. The molecule has 1 aliphatic heterocycles. The fourth-order valence-corrected chi connectivity index (χ4v) is 3.54. The molecule has 0 radical (unpaired) electrons. The second kappa shape index (κ2) is 6.86. The van der Waals surface area contributed by atoms with E-state index in [0.29, 0.717) is 6.42 Å². The summed E-state index contributed by atoms with van der Waals surface area (Å²) in [5.41, 5.74) is -0.428. The van der Waals surface area contributed by atoms with Crippen molar-refractivity contribution >= 4 is 21.9 Å². The molecule has 0 aromatic heterocycles. The Morgan fingerprint density at radius 2 is 2.04 bits per heavy atom. The highest BCUT2D eigenvalue weighted by Gasteiger charge is 2.39. The predicted molar refractivity (Wildman–Crippen MR) is 83.2 cm³/mol. The minimum absolute atomic E-state index is 0.0299. The normalized spacial score (nSPS) is 21.0. The lowest BCUT2D eigenvalue weighted by Crippen LogP contribution is -2.31. The van der Waals surface area contributed by atoms with Crippen LogP contribution in [0.25, 0.3) is 0 Å². The summed E-state index contributed by atoms with van der Waals surface area (Å²) in [6, 6.07) is 2.72. The number of carbonyl (C=O) groups is 2. The van der Waals surface area contributed by atoms with E-state index in [2.05, 4.69) is 0 Å². The standard InChI is InChI=1S/C15H19FN2O5S/c1-2-3-9-7-18(8-12(9)15(20)21)14(19)11-6-10(24(17,22)23)4-5-13(11)16/h4-6,9,12H,2-3,7-8H2,1H3,(H,20,21)(H2,17,22,23)/t9-,12-/m1/s1. The number of amides is 1. The molecule has 9 heteroatoms. The molecular formula is C15H19FN2O5S. The second-order valence-electron chi connectivity index (χ2n) is 5.89. The number of carboxylic acids is 1. The molecule has 0 bridgehead atoms. The maximum Gasteiger partial charge on any atom is 0.308 e. The Hall–Kier alpha value is -2.00. The molecule has 0 unspecified atom stereocenters. The summed E-state index contributed by atoms with van der Waals surface area (Å²) < 4.78 is 36.7. The molecule has 132 valence electrons. The minimum Gasteiger partial charge on any atom is -0.481 e. The molecule has 0 aliphatic carbocycles. The Labute approximate surface area is 139 Å². The second-order valence-corrected chi connectivity index (χ2v) is 7.45. The van der Waals surface area contributed by atoms with Gasteiger partial charge in [-0.05, 0) is 30.5 Å². The smallest absolute Gasteiger partial charge is 0.308 e. The molecule has 0 saturated carbocycles. The Kier molecular flexibility index (Phi) is 5.24. The van der Waals surface area contributed by atoms with Crippen molar-refractivity contribution in [1.82, 2.24) is 4.90 Å². The third-order valence-corrected chi connectivity index (χ3v) is 5.11. The number of sulfonamides is 1. The number of hydrogen-bond acceptors (Lipinski definition) is 4. The summed E-state index contributed by atoms with van der Waals surface area (Å²) in [5, 5.41) is 14.3. The van der Waals surface area contributed by atoms with Gasteiger partial charge in [0, 0.05) is 13.1 Å². The van der Waals surface area contributed by atoms with Crippen LogP contribution in [0.5, 0.6) is 0 Å². The molecule has 1 fully saturated rings. The molecule has 3 N–H and O–H groups in total. The van der Waals surface area contributed by atoms with Crippen LogP contribution in [0.3, 0.4) is 0 Å². The van der Waals surface area contributed by atoms with Crippen LogP contribution >= 0.6 is 0 Å². The molecule has 7 nitrogen and oxygen atoms in total. The quantitative estimate of drug-likeness (QED) is 0.815. The summed E-state index contributed by atoms with van der Waals surface area (Å²) in [4.78, 5) is 24.7. The molecule has 2 atom stereocenters. The lowest BCUT2D eigenvalue weighted by molar-refractivity contribution is -0.142. The van der Waals surface area contributed by atoms with Crippen molar-refractivity contribution in [3.05, 3.63) is 29.6 Å². The van der Waals surface area contributed by atoms with Crippen LogP contribution in [0.4, 0.5) is 4.39 Å². The van der Waals surface area contributed by atoms with Crippen LogP contribution < -0.4 is 5.14 Å². The van der Waals surface area contributed by atoms with Crippen LogP contribution in [0.1, 0.15) is 30.1 Å². The van der Waals surface area contributed by atoms with Crippen molar-refractivity contribution in [2.24, 2.45) is 17.0 Å². The van der Waals surface area contributed by atoms with Gasteiger partial charge in [-0.2, -0.15) is 0 Å². The monoisotopic (exact) mass is 358 g/mol. The molecule has 1 aromatic rings. The van der Waals surface area contributed by atoms with Gasteiger partial charge in [0.25, 0.3) is 5.91 Å². The Morgan fingerprint density at radius 3 is 2.58 bits per heavy atom. The molecule has 2 rings (SSSR count). The number of carboxylic acid groups (broad SMARTS) is 1. The summed E-state index contributed by atoms with van der Waals surface area (Å²) in [6.45, 7) is 2.08. The van der Waals surface area contributed by atoms with Gasteiger partial charge in [0.1, 0.15) is 5.82 Å². The van der Waals surface area contributed by atoms with E-state index in [0.717, 1.165) is 24.6 Å². The van der Waals surface area contributed by atoms with Crippen molar-refractivity contribution in [1.29, 1.82) is 0 Å². The van der Waals surface area contributed by atoms with Crippen LogP contribution in [0, 0.1) is 17.7 Å². The molecule has 24 heavy (non-hydrogen) atoms. The largest absolute Gasteiger partial charge is 0.481 e. The highest BCUT2D eigenvalue weighted by molar-refractivity contribution is 7.89. The van der Waals surface area contributed by atoms with E-state index < -0.39 is 39.2 Å². The summed E-state index contributed by atoms with van der Waals surface area (Å²) >= 11 is 0. The van der Waals surface area contributed by atoms with Crippen molar-refractivity contribution < 1.29 is 27.5 Å². The summed E-state index contributed by atoms with van der Waals surface area (Å²) in [5.74, 6) is -3.53. The number of aliphatic carboxylic acids is 1. The minimum atomic E-state index is -4.07. The Balaban J connectivity index is 2.31. The molecule has 1 aliphatic rings. The van der Waals surface area contributed by atoms with E-state index in [4.69, 9.17) is 5.14 Å². The number of carbonyl (C=O) groups excluding carboxylic acids is 1. The van der Waals surface area contributed by atoms with Crippen LogP contribution in [0.15, 0.2) is 23.1 Å². The van der Waals surface area contributed by atoms with Crippen molar-refractivity contribution in [3.8, 4) is 0 Å². The van der Waals surface area contributed by atoms with Crippen LogP contribution in [-0.4, -0.2) is 43.4 Å². The van der Waals surface area contributed by atoms with Gasteiger partial charge in [-0.3, -0.25) is 9.59 Å². The average molecular weight is 358 g/mol. The van der Waals surface area contributed by atoms with Gasteiger partial charge in [0.05, 0.1) is 16.4 Å². The first kappa shape index (κ1) is 18.3. The number of rotatable bonds is 5. The summed E-state index contributed by atoms with van der Waals surface area (Å²) in [7, 11) is -4.07. The fraction of sp³-hybridized carbons (Fsp3) is 0.467. The molecule has 1 amide bonds. The number of nitrogens with two attached hydrogens (primary N) is 1. The van der Waals surface area contributed by atoms with Crippen molar-refractivity contribution in [2.45, 2.75) is 24.7 Å². The molecule has 0 spiro atoms. The summed E-state index contributed by atoms with van der Waals surface area (Å²) in [6.07, 6.45) is 1.41. The van der Waals surface area contributed by atoms with Gasteiger partial charge in [0.15, 0.2) is 0 Å². The number of primary sulfonamides is 1. The fourth-order valence-electron chi connectivity index (χ4n) is 3.00. The number of halogens is 1. The molecular weight excluding hydrogens is 339 g/mol. The van der Waals surface area contributed by atoms with Crippen molar-refractivity contribution in [2.75, 3.05) is 13.1 Å².